The SMILES string of the molecule is COc1nccc(OC2CCN(C(=O)c3cc(C(F)(F)F)cc(C(F)(F)F)c3)CC2)n1. The number of amides is 1. The van der Waals surface area contributed by atoms with Crippen LogP contribution in [0.3, 0.4) is 0 Å². The molecule has 31 heavy (non-hydrogen) atoms. The van der Waals surface area contributed by atoms with Crippen LogP contribution < -0.4 is 9.47 Å². The molecule has 0 atom stereocenters. The highest BCUT2D eigenvalue weighted by Crippen LogP contribution is 2.36. The number of carbonyl (C=O) groups excluding carboxylic acids is 1. The first kappa shape index (κ1) is 22.6. The second kappa shape index (κ2) is 8.60. The number of halogens is 6. The van der Waals surface area contributed by atoms with Gasteiger partial charge in [0.2, 0.25) is 5.88 Å². The number of aromatic nitrogens is 2. The molecule has 1 aromatic carbocycles. The predicted octanol–water partition coefficient (Wildman–Crippen LogP) is 4.21. The first-order chi connectivity index (χ1) is 14.5. The molecule has 0 unspecified atom stereocenters. The van der Waals surface area contributed by atoms with E-state index in [-0.39, 0.29) is 37.2 Å². The van der Waals surface area contributed by atoms with Gasteiger partial charge in [0.1, 0.15) is 6.10 Å². The van der Waals surface area contributed by atoms with Gasteiger partial charge in [0.25, 0.3) is 5.91 Å². The smallest absolute Gasteiger partial charge is 0.416 e. The molecule has 0 N–H and O–H groups in total. The van der Waals surface area contributed by atoms with Crippen molar-refractivity contribution in [1.29, 1.82) is 0 Å². The number of ether oxygens (including phenoxy) is 2. The van der Waals surface area contributed by atoms with Crippen molar-refractivity contribution in [3.63, 3.8) is 0 Å². The summed E-state index contributed by atoms with van der Waals surface area (Å²) in [6.45, 7) is 0.201. The molecule has 0 radical (unpaired) electrons. The fourth-order valence-corrected chi connectivity index (χ4v) is 3.10. The van der Waals surface area contributed by atoms with E-state index in [0.717, 1.165) is 0 Å². The summed E-state index contributed by atoms with van der Waals surface area (Å²) in [6.07, 6.45) is -8.29. The molecule has 0 saturated carbocycles. The molecular formula is C19H17F6N3O3. The van der Waals surface area contributed by atoms with Gasteiger partial charge in [-0.2, -0.15) is 31.3 Å². The monoisotopic (exact) mass is 449 g/mol. The summed E-state index contributed by atoms with van der Waals surface area (Å²) in [5.41, 5.74) is -3.72. The number of benzene rings is 1. The number of piperidine rings is 1. The zero-order chi connectivity index (χ0) is 22.8. The lowest BCUT2D eigenvalue weighted by Crippen LogP contribution is -2.42. The Labute approximate surface area is 172 Å². The van der Waals surface area contributed by atoms with Crippen molar-refractivity contribution in [2.75, 3.05) is 20.2 Å². The van der Waals surface area contributed by atoms with Gasteiger partial charge in [-0.15, -0.1) is 0 Å². The summed E-state index contributed by atoms with van der Waals surface area (Å²) in [5.74, 6) is -0.650. The van der Waals surface area contributed by atoms with Crippen LogP contribution in [0.15, 0.2) is 30.5 Å². The summed E-state index contributed by atoms with van der Waals surface area (Å²) < 4.78 is 88.7. The van der Waals surface area contributed by atoms with Gasteiger partial charge in [0, 0.05) is 43.8 Å². The van der Waals surface area contributed by atoms with E-state index in [4.69, 9.17) is 9.47 Å². The Bertz CT molecular complexity index is 908. The number of carbonyl (C=O) groups is 1. The molecule has 0 bridgehead atoms. The largest absolute Gasteiger partial charge is 0.474 e. The molecule has 0 spiro atoms. The molecular weight excluding hydrogens is 432 g/mol. The molecule has 3 rings (SSSR count). The van der Waals surface area contributed by atoms with E-state index in [1.54, 1.807) is 0 Å². The van der Waals surface area contributed by atoms with Gasteiger partial charge in [-0.3, -0.25) is 4.79 Å². The predicted molar refractivity (Wildman–Crippen MR) is 94.6 cm³/mol. The Hall–Kier alpha value is -3.05. The second-order valence-corrected chi connectivity index (χ2v) is 6.79. The lowest BCUT2D eigenvalue weighted by molar-refractivity contribution is -0.143. The summed E-state index contributed by atoms with van der Waals surface area (Å²) in [6, 6.07) is 2.49. The molecule has 168 valence electrons. The minimum Gasteiger partial charge on any atom is -0.474 e. The van der Waals surface area contributed by atoms with Crippen LogP contribution in [-0.2, 0) is 12.4 Å². The summed E-state index contributed by atoms with van der Waals surface area (Å²) in [5, 5.41) is 0. The van der Waals surface area contributed by atoms with Crippen LogP contribution in [0.5, 0.6) is 11.9 Å². The van der Waals surface area contributed by atoms with E-state index in [1.165, 1.54) is 24.3 Å². The van der Waals surface area contributed by atoms with Crippen LogP contribution >= 0.6 is 0 Å². The summed E-state index contributed by atoms with van der Waals surface area (Å²) >= 11 is 0. The summed E-state index contributed by atoms with van der Waals surface area (Å²) in [4.78, 5) is 21.7. The van der Waals surface area contributed by atoms with Crippen molar-refractivity contribution in [2.24, 2.45) is 0 Å². The van der Waals surface area contributed by atoms with Crippen LogP contribution in [0.2, 0.25) is 0 Å². The highest BCUT2D eigenvalue weighted by Gasteiger charge is 2.38. The molecule has 2 heterocycles. The van der Waals surface area contributed by atoms with Crippen molar-refractivity contribution in [3.05, 3.63) is 47.2 Å². The van der Waals surface area contributed by atoms with Crippen LogP contribution in [0, 0.1) is 0 Å². The average Bonchev–Trinajstić information content (AvgIpc) is 2.72. The Morgan fingerprint density at radius 3 is 2.13 bits per heavy atom. The number of methoxy groups -OCH3 is 1. The van der Waals surface area contributed by atoms with E-state index in [0.29, 0.717) is 25.0 Å². The third-order valence-corrected chi connectivity index (χ3v) is 4.64. The quantitative estimate of drug-likeness (QED) is 0.655. The fraction of sp³-hybridized carbons (Fsp3) is 0.421. The minimum atomic E-state index is -5.02. The van der Waals surface area contributed by atoms with Gasteiger partial charge in [-0.25, -0.2) is 4.98 Å². The Kier molecular flexibility index (Phi) is 6.27. The zero-order valence-electron chi connectivity index (χ0n) is 16.1. The van der Waals surface area contributed by atoms with Crippen molar-refractivity contribution < 1.29 is 40.6 Å². The zero-order valence-corrected chi connectivity index (χ0v) is 16.1. The van der Waals surface area contributed by atoms with E-state index in [9.17, 15) is 31.1 Å². The molecule has 1 saturated heterocycles. The van der Waals surface area contributed by atoms with Gasteiger partial charge < -0.3 is 14.4 Å². The van der Waals surface area contributed by atoms with E-state index < -0.39 is 35.0 Å². The topological polar surface area (TPSA) is 64.6 Å². The van der Waals surface area contributed by atoms with Crippen LogP contribution in [-0.4, -0.2) is 47.1 Å². The maximum Gasteiger partial charge on any atom is 0.416 e. The van der Waals surface area contributed by atoms with Gasteiger partial charge in [-0.05, 0) is 18.2 Å². The average molecular weight is 449 g/mol. The lowest BCUT2D eigenvalue weighted by atomic mass is 10.0. The van der Waals surface area contributed by atoms with Gasteiger partial charge in [-0.1, -0.05) is 0 Å². The van der Waals surface area contributed by atoms with Crippen molar-refractivity contribution in [3.8, 4) is 11.9 Å². The first-order valence-electron chi connectivity index (χ1n) is 9.10. The molecule has 1 aliphatic rings. The molecule has 2 aromatic rings. The minimum absolute atomic E-state index is 0.00710. The number of likely N-dealkylation sites (tertiary alicyclic amines) is 1. The number of alkyl halides is 6. The Morgan fingerprint density at radius 1 is 1.03 bits per heavy atom. The van der Waals surface area contributed by atoms with Crippen LogP contribution in [0.1, 0.15) is 34.3 Å². The number of hydrogen-bond acceptors (Lipinski definition) is 5. The van der Waals surface area contributed by atoms with Crippen molar-refractivity contribution in [1.82, 2.24) is 14.9 Å². The van der Waals surface area contributed by atoms with E-state index >= 15 is 0 Å². The van der Waals surface area contributed by atoms with E-state index in [2.05, 4.69) is 9.97 Å². The first-order valence-corrected chi connectivity index (χ1v) is 9.10. The lowest BCUT2D eigenvalue weighted by Gasteiger charge is -2.32. The number of nitrogens with zero attached hydrogens (tertiary/aromatic N) is 3. The standard InChI is InChI=1S/C19H17F6N3O3/c1-30-17-26-5-2-15(27-17)31-14-3-6-28(7-4-14)16(29)11-8-12(18(20,21)22)10-13(9-11)19(23,24)25/h2,5,8-10,14H,3-4,6-7H2,1H3. The maximum atomic E-state index is 13.0. The molecule has 1 fully saturated rings. The second-order valence-electron chi connectivity index (χ2n) is 6.79. The van der Waals surface area contributed by atoms with Gasteiger partial charge in [0.15, 0.2) is 0 Å². The molecule has 6 nitrogen and oxygen atoms in total. The molecule has 12 heteroatoms. The van der Waals surface area contributed by atoms with Crippen LogP contribution in [0.4, 0.5) is 26.3 Å². The maximum absolute atomic E-state index is 13.0. The van der Waals surface area contributed by atoms with Crippen molar-refractivity contribution >= 4 is 5.91 Å². The molecule has 1 aromatic heterocycles. The Morgan fingerprint density at radius 2 is 1.61 bits per heavy atom. The van der Waals surface area contributed by atoms with Gasteiger partial charge in [0.05, 0.1) is 18.2 Å². The highest BCUT2D eigenvalue weighted by molar-refractivity contribution is 5.94. The third kappa shape index (κ3) is 5.56. The highest BCUT2D eigenvalue weighted by atomic mass is 19.4. The third-order valence-electron chi connectivity index (χ3n) is 4.64. The van der Waals surface area contributed by atoms with Gasteiger partial charge >= 0.3 is 18.4 Å². The molecule has 0 aliphatic carbocycles. The van der Waals surface area contributed by atoms with Crippen molar-refractivity contribution in [2.45, 2.75) is 31.3 Å². The van der Waals surface area contributed by atoms with E-state index in [1.807, 2.05) is 0 Å². The number of hydrogen-bond donors (Lipinski definition) is 0. The summed E-state index contributed by atoms with van der Waals surface area (Å²) in [7, 11) is 1.39. The molecule has 1 aliphatic heterocycles. The fourth-order valence-electron chi connectivity index (χ4n) is 3.10. The molecule has 1 amide bonds. The normalized spacial score (nSPS) is 15.6. The number of rotatable bonds is 4. The van der Waals surface area contributed by atoms with Crippen LogP contribution in [0.25, 0.3) is 0 Å². The Balaban J connectivity index is 1.71.